The van der Waals surface area contributed by atoms with Gasteiger partial charge in [-0.05, 0) is 50.1 Å². The standard InChI is InChI=1S/C19H22ClNO4S/c1-4-25-19(22)12-18(15-7-5-13(2)6-8-15)21-26(23,24)16-9-10-17(20)14(3)11-16/h5-11,18,21H,4,12H2,1-3H3/t18-/m1/s1. The highest BCUT2D eigenvalue weighted by molar-refractivity contribution is 7.89. The van der Waals surface area contributed by atoms with Crippen LogP contribution in [0.5, 0.6) is 0 Å². The number of carbonyl (C=O) groups is 1. The molecule has 0 heterocycles. The van der Waals surface area contributed by atoms with E-state index in [0.717, 1.165) is 5.56 Å². The number of nitrogens with one attached hydrogen (secondary N) is 1. The molecule has 7 heteroatoms. The Kier molecular flexibility index (Phi) is 6.81. The largest absolute Gasteiger partial charge is 0.466 e. The maximum atomic E-state index is 12.8. The van der Waals surface area contributed by atoms with Crippen molar-refractivity contribution in [2.45, 2.75) is 38.1 Å². The smallest absolute Gasteiger partial charge is 0.307 e. The highest BCUT2D eigenvalue weighted by Crippen LogP contribution is 2.24. The van der Waals surface area contributed by atoms with Crippen molar-refractivity contribution in [1.82, 2.24) is 4.72 Å². The van der Waals surface area contributed by atoms with Gasteiger partial charge in [0.05, 0.1) is 24.0 Å². The molecule has 0 aromatic heterocycles. The zero-order chi connectivity index (χ0) is 19.3. The van der Waals surface area contributed by atoms with E-state index in [1.54, 1.807) is 26.0 Å². The molecule has 140 valence electrons. The molecule has 0 spiro atoms. The summed E-state index contributed by atoms with van der Waals surface area (Å²) in [6, 6.07) is 11.1. The van der Waals surface area contributed by atoms with Crippen LogP contribution in [0.25, 0.3) is 0 Å². The summed E-state index contributed by atoms with van der Waals surface area (Å²) < 4.78 is 33.1. The molecule has 0 aliphatic carbocycles. The molecule has 2 rings (SSSR count). The number of aryl methyl sites for hydroxylation is 2. The molecule has 0 saturated heterocycles. The minimum atomic E-state index is -3.83. The monoisotopic (exact) mass is 395 g/mol. The van der Waals surface area contributed by atoms with Gasteiger partial charge in [-0.1, -0.05) is 41.4 Å². The summed E-state index contributed by atoms with van der Waals surface area (Å²) in [6.07, 6.45) is -0.0945. The predicted molar refractivity (Wildman–Crippen MR) is 102 cm³/mol. The van der Waals surface area contributed by atoms with Crippen LogP contribution in [-0.2, 0) is 19.6 Å². The summed E-state index contributed by atoms with van der Waals surface area (Å²) >= 11 is 5.97. The van der Waals surface area contributed by atoms with Crippen LogP contribution in [0.4, 0.5) is 0 Å². The fraction of sp³-hybridized carbons (Fsp3) is 0.316. The van der Waals surface area contributed by atoms with Crippen molar-refractivity contribution in [2.75, 3.05) is 6.61 Å². The number of hydrogen-bond donors (Lipinski definition) is 1. The quantitative estimate of drug-likeness (QED) is 0.721. The molecule has 26 heavy (non-hydrogen) atoms. The SMILES string of the molecule is CCOC(=O)C[C@@H](NS(=O)(=O)c1ccc(Cl)c(C)c1)c1ccc(C)cc1. The van der Waals surface area contributed by atoms with E-state index in [2.05, 4.69) is 4.72 Å². The van der Waals surface area contributed by atoms with E-state index >= 15 is 0 Å². The van der Waals surface area contributed by atoms with Crippen LogP contribution in [0.2, 0.25) is 5.02 Å². The Hall–Kier alpha value is -1.89. The Bertz CT molecular complexity index is 879. The van der Waals surface area contributed by atoms with Crippen LogP contribution >= 0.6 is 11.6 Å². The zero-order valence-electron chi connectivity index (χ0n) is 15.0. The second-order valence-electron chi connectivity index (χ2n) is 6.00. The van der Waals surface area contributed by atoms with Gasteiger partial charge in [-0.3, -0.25) is 4.79 Å². The Morgan fingerprint density at radius 3 is 2.38 bits per heavy atom. The minimum absolute atomic E-state index is 0.0945. The van der Waals surface area contributed by atoms with E-state index in [9.17, 15) is 13.2 Å². The van der Waals surface area contributed by atoms with E-state index in [4.69, 9.17) is 16.3 Å². The molecule has 0 unspecified atom stereocenters. The average molecular weight is 396 g/mol. The van der Waals surface area contributed by atoms with Crippen LogP contribution in [0.3, 0.4) is 0 Å². The highest BCUT2D eigenvalue weighted by Gasteiger charge is 2.24. The molecule has 2 aromatic rings. The molecule has 0 aliphatic heterocycles. The van der Waals surface area contributed by atoms with Gasteiger partial charge in [-0.2, -0.15) is 0 Å². The van der Waals surface area contributed by atoms with Crippen molar-refractivity contribution in [1.29, 1.82) is 0 Å². The summed E-state index contributed by atoms with van der Waals surface area (Å²) in [4.78, 5) is 12.0. The Balaban J connectivity index is 2.33. The van der Waals surface area contributed by atoms with E-state index in [1.165, 1.54) is 18.2 Å². The fourth-order valence-corrected chi connectivity index (χ4v) is 3.88. The molecule has 5 nitrogen and oxygen atoms in total. The summed E-state index contributed by atoms with van der Waals surface area (Å²) in [5.74, 6) is -0.465. The number of sulfonamides is 1. The lowest BCUT2D eigenvalue weighted by atomic mass is 10.0. The van der Waals surface area contributed by atoms with Gasteiger partial charge in [0, 0.05) is 5.02 Å². The maximum Gasteiger partial charge on any atom is 0.307 e. The van der Waals surface area contributed by atoms with Gasteiger partial charge in [0.2, 0.25) is 10.0 Å². The van der Waals surface area contributed by atoms with Crippen LogP contribution in [0.15, 0.2) is 47.4 Å². The van der Waals surface area contributed by atoms with Crippen LogP contribution in [0.1, 0.15) is 36.1 Å². The van der Waals surface area contributed by atoms with E-state index in [-0.39, 0.29) is 17.9 Å². The number of ether oxygens (including phenoxy) is 1. The van der Waals surface area contributed by atoms with Crippen molar-refractivity contribution in [2.24, 2.45) is 0 Å². The van der Waals surface area contributed by atoms with Crippen LogP contribution < -0.4 is 4.72 Å². The normalized spacial score (nSPS) is 12.6. The third-order valence-electron chi connectivity index (χ3n) is 3.89. The first-order valence-electron chi connectivity index (χ1n) is 8.23. The molecule has 2 aromatic carbocycles. The van der Waals surface area contributed by atoms with Gasteiger partial charge >= 0.3 is 5.97 Å². The topological polar surface area (TPSA) is 72.5 Å². The lowest BCUT2D eigenvalue weighted by Crippen LogP contribution is -2.30. The molecule has 0 radical (unpaired) electrons. The van der Waals surface area contributed by atoms with Crippen molar-refractivity contribution in [3.05, 3.63) is 64.2 Å². The Morgan fingerprint density at radius 2 is 1.81 bits per heavy atom. The first-order chi connectivity index (χ1) is 12.2. The van der Waals surface area contributed by atoms with Crippen molar-refractivity contribution < 1.29 is 17.9 Å². The number of hydrogen-bond acceptors (Lipinski definition) is 4. The van der Waals surface area contributed by atoms with Gasteiger partial charge in [0.15, 0.2) is 0 Å². The van der Waals surface area contributed by atoms with Crippen molar-refractivity contribution >= 4 is 27.6 Å². The number of carbonyl (C=O) groups excluding carboxylic acids is 1. The molecule has 0 aliphatic rings. The molecule has 0 amide bonds. The van der Waals surface area contributed by atoms with E-state index < -0.39 is 22.0 Å². The summed E-state index contributed by atoms with van der Waals surface area (Å²) in [6.45, 7) is 5.62. The predicted octanol–water partition coefficient (Wildman–Crippen LogP) is 3.93. The lowest BCUT2D eigenvalue weighted by Gasteiger charge is -2.19. The second kappa shape index (κ2) is 8.66. The third-order valence-corrected chi connectivity index (χ3v) is 5.79. The molecular formula is C19H22ClNO4S. The number of rotatable bonds is 7. The first kappa shape index (κ1) is 20.4. The fourth-order valence-electron chi connectivity index (χ4n) is 2.45. The zero-order valence-corrected chi connectivity index (χ0v) is 16.5. The lowest BCUT2D eigenvalue weighted by molar-refractivity contribution is -0.143. The van der Waals surface area contributed by atoms with Crippen LogP contribution in [0, 0.1) is 13.8 Å². The Labute approximate surface area is 159 Å². The average Bonchev–Trinajstić information content (AvgIpc) is 2.57. The number of benzene rings is 2. The second-order valence-corrected chi connectivity index (χ2v) is 8.13. The van der Waals surface area contributed by atoms with E-state index in [0.29, 0.717) is 16.1 Å². The van der Waals surface area contributed by atoms with E-state index in [1.807, 2.05) is 19.1 Å². The Morgan fingerprint density at radius 1 is 1.15 bits per heavy atom. The van der Waals surface area contributed by atoms with Gasteiger partial charge in [0.25, 0.3) is 0 Å². The molecule has 1 atom stereocenters. The summed E-state index contributed by atoms with van der Waals surface area (Å²) in [7, 11) is -3.83. The highest BCUT2D eigenvalue weighted by atomic mass is 35.5. The number of halogens is 1. The van der Waals surface area contributed by atoms with Crippen molar-refractivity contribution in [3.8, 4) is 0 Å². The van der Waals surface area contributed by atoms with Gasteiger partial charge in [-0.25, -0.2) is 13.1 Å². The van der Waals surface area contributed by atoms with Gasteiger partial charge in [0.1, 0.15) is 0 Å². The molecule has 1 N–H and O–H groups in total. The molecular weight excluding hydrogens is 374 g/mol. The molecule has 0 bridgehead atoms. The molecule has 0 fully saturated rings. The summed E-state index contributed by atoms with van der Waals surface area (Å²) in [5, 5.41) is 0.491. The minimum Gasteiger partial charge on any atom is -0.466 e. The van der Waals surface area contributed by atoms with Crippen LogP contribution in [-0.4, -0.2) is 21.0 Å². The number of esters is 1. The first-order valence-corrected chi connectivity index (χ1v) is 10.1. The van der Waals surface area contributed by atoms with Gasteiger partial charge in [-0.15, -0.1) is 0 Å². The molecule has 0 saturated carbocycles. The van der Waals surface area contributed by atoms with Crippen molar-refractivity contribution in [3.63, 3.8) is 0 Å². The summed E-state index contributed by atoms with van der Waals surface area (Å²) in [5.41, 5.74) is 2.39. The van der Waals surface area contributed by atoms with Gasteiger partial charge < -0.3 is 4.74 Å². The maximum absolute atomic E-state index is 12.8. The third kappa shape index (κ3) is 5.30.